The smallest absolute Gasteiger partial charge is 0.335 e. The number of nitrogens with one attached hydrogen (secondary N) is 1. The van der Waals surface area contributed by atoms with Gasteiger partial charge >= 0.3 is 5.97 Å². The number of benzene rings is 2. The molecule has 12 heteroatoms. The van der Waals surface area contributed by atoms with E-state index in [4.69, 9.17) is 15.2 Å². The molecule has 3 aromatic rings. The number of ether oxygens (including phenoxy) is 2. The van der Waals surface area contributed by atoms with Gasteiger partial charge in [-0.15, -0.1) is 12.4 Å². The first kappa shape index (κ1) is 29.3. The second-order valence-corrected chi connectivity index (χ2v) is 10.7. The predicted octanol–water partition coefficient (Wildman–Crippen LogP) is 3.96. The number of halogens is 1. The zero-order chi connectivity index (χ0) is 26.6. The number of carboxylic acid groups (broad SMARTS) is 1. The van der Waals surface area contributed by atoms with Gasteiger partial charge in [0.15, 0.2) is 5.82 Å². The number of hydrogen-bond donors (Lipinski definition) is 3. The molecule has 204 valence electrons. The van der Waals surface area contributed by atoms with Gasteiger partial charge in [0, 0.05) is 24.3 Å². The van der Waals surface area contributed by atoms with Crippen LogP contribution in [-0.2, 0) is 14.8 Å². The monoisotopic (exact) mass is 562 g/mol. The molecule has 0 radical (unpaired) electrons. The van der Waals surface area contributed by atoms with Crippen molar-refractivity contribution in [3.63, 3.8) is 0 Å². The molecule has 1 saturated heterocycles. The lowest BCUT2D eigenvalue weighted by Crippen LogP contribution is -2.32. The Hall–Kier alpha value is -3.25. The number of aromatic nitrogens is 2. The van der Waals surface area contributed by atoms with E-state index in [1.165, 1.54) is 24.3 Å². The Morgan fingerprint density at radius 1 is 1.18 bits per heavy atom. The van der Waals surface area contributed by atoms with Crippen LogP contribution in [0, 0.1) is 13.8 Å². The molecule has 1 unspecified atom stereocenters. The van der Waals surface area contributed by atoms with Crippen LogP contribution in [0.5, 0.6) is 5.88 Å². The molecule has 4 N–H and O–H groups in total. The van der Waals surface area contributed by atoms with E-state index in [-0.39, 0.29) is 59.1 Å². The van der Waals surface area contributed by atoms with Crippen LogP contribution in [0.25, 0.3) is 11.4 Å². The fourth-order valence-corrected chi connectivity index (χ4v) is 5.29. The third-order valence-corrected chi connectivity index (χ3v) is 7.42. The summed E-state index contributed by atoms with van der Waals surface area (Å²) in [5, 5.41) is 9.24. The average molecular weight is 563 g/mol. The van der Waals surface area contributed by atoms with Crippen LogP contribution in [0.15, 0.2) is 53.4 Å². The average Bonchev–Trinajstić information content (AvgIpc) is 3.35. The largest absolute Gasteiger partial charge is 0.478 e. The fourth-order valence-electron chi connectivity index (χ4n) is 4.25. The van der Waals surface area contributed by atoms with Gasteiger partial charge in [0.2, 0.25) is 5.88 Å². The number of aryl methyl sites for hydroxylation is 2. The van der Waals surface area contributed by atoms with E-state index in [1.807, 2.05) is 32.0 Å². The number of aromatic carboxylic acids is 1. The number of hydrogen-bond acceptors (Lipinski definition) is 8. The molecule has 0 spiro atoms. The molecule has 2 heterocycles. The van der Waals surface area contributed by atoms with Crippen molar-refractivity contribution in [2.75, 3.05) is 17.9 Å². The first-order valence-corrected chi connectivity index (χ1v) is 13.4. The van der Waals surface area contributed by atoms with Crippen molar-refractivity contribution in [3.8, 4) is 17.3 Å². The van der Waals surface area contributed by atoms with E-state index >= 15 is 0 Å². The molecule has 10 nitrogen and oxygen atoms in total. The van der Waals surface area contributed by atoms with Crippen molar-refractivity contribution < 1.29 is 27.8 Å². The lowest BCUT2D eigenvalue weighted by molar-refractivity contribution is 0.0696. The van der Waals surface area contributed by atoms with E-state index in [9.17, 15) is 18.3 Å². The molecule has 0 bridgehead atoms. The molecule has 1 fully saturated rings. The Morgan fingerprint density at radius 2 is 1.89 bits per heavy atom. The van der Waals surface area contributed by atoms with Crippen molar-refractivity contribution in [1.82, 2.24) is 9.97 Å². The molecule has 2 aromatic carbocycles. The first-order valence-electron chi connectivity index (χ1n) is 11.9. The Bertz CT molecular complexity index is 1380. The molecule has 1 aromatic heterocycles. The van der Waals surface area contributed by atoms with Crippen molar-refractivity contribution in [3.05, 3.63) is 65.2 Å². The molecule has 0 aliphatic carbocycles. The molecule has 2 atom stereocenters. The van der Waals surface area contributed by atoms with Crippen LogP contribution in [0.4, 0.5) is 5.82 Å². The van der Waals surface area contributed by atoms with Crippen LogP contribution >= 0.6 is 12.4 Å². The normalized spacial score (nSPS) is 15.9. The molecular formula is C26H31ClN4O6S. The van der Waals surface area contributed by atoms with Crippen molar-refractivity contribution in [1.29, 1.82) is 0 Å². The summed E-state index contributed by atoms with van der Waals surface area (Å²) in [5.74, 6) is -0.798. The lowest BCUT2D eigenvalue weighted by Gasteiger charge is -2.18. The highest BCUT2D eigenvalue weighted by Crippen LogP contribution is 2.28. The number of carboxylic acids is 1. The summed E-state index contributed by atoms with van der Waals surface area (Å²) in [5.41, 5.74) is 8.68. The van der Waals surface area contributed by atoms with E-state index in [1.54, 1.807) is 0 Å². The highest BCUT2D eigenvalue weighted by Gasteiger charge is 2.22. The van der Waals surface area contributed by atoms with Gasteiger partial charge in [0.1, 0.15) is 12.4 Å². The van der Waals surface area contributed by atoms with Crippen molar-refractivity contribution >= 4 is 34.2 Å². The van der Waals surface area contributed by atoms with Crippen molar-refractivity contribution in [2.45, 2.75) is 50.2 Å². The minimum absolute atomic E-state index is 0. The summed E-state index contributed by atoms with van der Waals surface area (Å²) < 4.78 is 40.1. The minimum Gasteiger partial charge on any atom is -0.478 e. The Labute approximate surface area is 228 Å². The number of anilines is 1. The summed E-state index contributed by atoms with van der Waals surface area (Å²) in [6, 6.07) is 11.9. The van der Waals surface area contributed by atoms with Crippen LogP contribution in [-0.4, -0.2) is 54.8 Å². The summed E-state index contributed by atoms with van der Waals surface area (Å²) in [6.45, 7) is 4.73. The topological polar surface area (TPSA) is 154 Å². The maximum Gasteiger partial charge on any atom is 0.335 e. The van der Waals surface area contributed by atoms with Gasteiger partial charge < -0.3 is 20.3 Å². The summed E-state index contributed by atoms with van der Waals surface area (Å²) >= 11 is 0. The predicted molar refractivity (Wildman–Crippen MR) is 145 cm³/mol. The molecule has 0 amide bonds. The van der Waals surface area contributed by atoms with Gasteiger partial charge in [0.25, 0.3) is 10.0 Å². The Balaban J connectivity index is 0.00000400. The van der Waals surface area contributed by atoms with Crippen LogP contribution < -0.4 is 15.2 Å². The number of sulfonamides is 1. The van der Waals surface area contributed by atoms with Crippen LogP contribution in [0.3, 0.4) is 0 Å². The van der Waals surface area contributed by atoms with E-state index in [0.29, 0.717) is 6.42 Å². The summed E-state index contributed by atoms with van der Waals surface area (Å²) in [6.07, 6.45) is 2.74. The third kappa shape index (κ3) is 7.19. The molecule has 1 aliphatic rings. The zero-order valence-corrected chi connectivity index (χ0v) is 22.7. The van der Waals surface area contributed by atoms with E-state index < -0.39 is 16.0 Å². The van der Waals surface area contributed by atoms with E-state index in [2.05, 4.69) is 14.7 Å². The highest BCUT2D eigenvalue weighted by atomic mass is 35.5. The Kier molecular flexibility index (Phi) is 9.66. The number of rotatable bonds is 10. The molecule has 38 heavy (non-hydrogen) atoms. The standard InChI is InChI=1S/C26H30N4O6S.ClH/c1-16-6-3-7-17(2)24(16)25-28-22(30-37(33,34)21-10-4-8-18(12-21)26(31)32)14-23(29-25)36-15-19(27)13-20-9-5-11-35-20;/h3-4,6-8,10,12,14,19-20H,5,9,11,13,15,27H2,1-2H3,(H,31,32)(H,28,29,30);1H/t19-,20?;/m1./s1. The fraction of sp³-hybridized carbons (Fsp3) is 0.346. The van der Waals surface area contributed by atoms with Gasteiger partial charge in [-0.05, 0) is 62.4 Å². The molecule has 0 saturated carbocycles. The number of nitrogens with two attached hydrogens (primary N) is 1. The number of carbonyl (C=O) groups is 1. The van der Waals surface area contributed by atoms with Gasteiger partial charge in [-0.2, -0.15) is 4.98 Å². The van der Waals surface area contributed by atoms with E-state index in [0.717, 1.165) is 42.2 Å². The first-order chi connectivity index (χ1) is 17.6. The molecule has 1 aliphatic heterocycles. The third-order valence-electron chi connectivity index (χ3n) is 6.07. The molecular weight excluding hydrogens is 532 g/mol. The number of nitrogens with zero attached hydrogens (tertiary/aromatic N) is 2. The maximum atomic E-state index is 13.1. The lowest BCUT2D eigenvalue weighted by atomic mass is 10.0. The van der Waals surface area contributed by atoms with Gasteiger partial charge in [-0.1, -0.05) is 24.3 Å². The minimum atomic E-state index is -4.15. The second-order valence-electron chi connectivity index (χ2n) is 9.06. The second kappa shape index (κ2) is 12.5. The van der Waals surface area contributed by atoms with Gasteiger partial charge in [0.05, 0.1) is 16.6 Å². The maximum absolute atomic E-state index is 13.1. The SMILES string of the molecule is Cc1cccc(C)c1-c1nc(NS(=O)(=O)c2cccc(C(=O)O)c2)cc(OC[C@H](N)CC2CCCO2)n1.Cl. The zero-order valence-electron chi connectivity index (χ0n) is 21.1. The molecule has 4 rings (SSSR count). The van der Waals surface area contributed by atoms with Gasteiger partial charge in [-0.25, -0.2) is 18.2 Å². The van der Waals surface area contributed by atoms with Gasteiger partial charge in [-0.3, -0.25) is 4.72 Å². The quantitative estimate of drug-likeness (QED) is 0.333. The summed E-state index contributed by atoms with van der Waals surface area (Å²) in [4.78, 5) is 20.1. The highest BCUT2D eigenvalue weighted by molar-refractivity contribution is 7.92. The van der Waals surface area contributed by atoms with Crippen LogP contribution in [0.1, 0.15) is 40.7 Å². The summed E-state index contributed by atoms with van der Waals surface area (Å²) in [7, 11) is -4.15. The Morgan fingerprint density at radius 3 is 2.55 bits per heavy atom. The van der Waals surface area contributed by atoms with Crippen molar-refractivity contribution in [2.24, 2.45) is 5.73 Å². The van der Waals surface area contributed by atoms with Crippen LogP contribution in [0.2, 0.25) is 0 Å².